The Morgan fingerprint density at radius 3 is 2.89 bits per heavy atom. The second-order valence-corrected chi connectivity index (χ2v) is 8.15. The molecule has 2 unspecified atom stereocenters. The molecule has 6 nitrogen and oxygen atoms in total. The molecule has 1 aromatic carbocycles. The molecular weight excluding hydrogens is 342 g/mol. The average Bonchev–Trinajstić information content (AvgIpc) is 3.33. The fourth-order valence-corrected chi connectivity index (χ4v) is 4.98. The van der Waals surface area contributed by atoms with E-state index in [0.717, 1.165) is 49.1 Å². The SMILES string of the molecule is O=CN(CC(=O)NCc1ccc2c(c1)CCCN2)C(=O)[C@@H]1CC2CCC1C2. The Bertz CT molecular complexity index is 748. The number of amides is 3. The summed E-state index contributed by atoms with van der Waals surface area (Å²) < 4.78 is 0. The minimum Gasteiger partial charge on any atom is -0.385 e. The molecule has 27 heavy (non-hydrogen) atoms. The van der Waals surface area contributed by atoms with Crippen LogP contribution in [0.25, 0.3) is 0 Å². The van der Waals surface area contributed by atoms with Crippen molar-refractivity contribution >= 4 is 23.9 Å². The molecular formula is C21H27N3O3. The molecule has 2 N–H and O–H groups in total. The third-order valence-corrected chi connectivity index (χ3v) is 6.38. The van der Waals surface area contributed by atoms with E-state index in [9.17, 15) is 14.4 Å². The molecule has 0 aromatic heterocycles. The Labute approximate surface area is 159 Å². The van der Waals surface area contributed by atoms with Crippen molar-refractivity contribution < 1.29 is 14.4 Å². The van der Waals surface area contributed by atoms with E-state index < -0.39 is 0 Å². The van der Waals surface area contributed by atoms with Gasteiger partial charge in [0.1, 0.15) is 6.54 Å². The normalized spacial score (nSPS) is 25.4. The Morgan fingerprint density at radius 1 is 1.26 bits per heavy atom. The van der Waals surface area contributed by atoms with Gasteiger partial charge in [0, 0.05) is 24.7 Å². The molecule has 1 aliphatic heterocycles. The highest BCUT2D eigenvalue weighted by atomic mass is 16.2. The van der Waals surface area contributed by atoms with E-state index in [1.54, 1.807) is 0 Å². The maximum atomic E-state index is 12.6. The van der Waals surface area contributed by atoms with Crippen LogP contribution in [-0.4, -0.2) is 36.2 Å². The van der Waals surface area contributed by atoms with E-state index >= 15 is 0 Å². The van der Waals surface area contributed by atoms with Gasteiger partial charge in [-0.1, -0.05) is 18.6 Å². The van der Waals surface area contributed by atoms with Crippen LogP contribution in [0, 0.1) is 17.8 Å². The number of rotatable bonds is 6. The van der Waals surface area contributed by atoms with Crippen LogP contribution in [0.5, 0.6) is 0 Å². The predicted molar refractivity (Wildman–Crippen MR) is 102 cm³/mol. The highest BCUT2D eigenvalue weighted by Gasteiger charge is 2.44. The summed E-state index contributed by atoms with van der Waals surface area (Å²) in [5, 5.41) is 6.21. The zero-order valence-electron chi connectivity index (χ0n) is 15.6. The molecule has 0 radical (unpaired) electrons. The van der Waals surface area contributed by atoms with Gasteiger partial charge in [0.05, 0.1) is 0 Å². The number of nitrogens with one attached hydrogen (secondary N) is 2. The number of hydrogen-bond acceptors (Lipinski definition) is 4. The second kappa shape index (κ2) is 7.71. The van der Waals surface area contributed by atoms with Gasteiger partial charge in [-0.3, -0.25) is 19.3 Å². The van der Waals surface area contributed by atoms with Gasteiger partial charge in [-0.25, -0.2) is 0 Å². The van der Waals surface area contributed by atoms with Gasteiger partial charge < -0.3 is 10.6 Å². The molecule has 1 heterocycles. The number of fused-ring (bicyclic) bond motifs is 3. The van der Waals surface area contributed by atoms with Crippen molar-refractivity contribution in [3.8, 4) is 0 Å². The summed E-state index contributed by atoms with van der Waals surface area (Å²) in [4.78, 5) is 37.4. The van der Waals surface area contributed by atoms with Gasteiger partial charge in [-0.05, 0) is 61.1 Å². The molecule has 2 fully saturated rings. The van der Waals surface area contributed by atoms with Crippen LogP contribution in [0.3, 0.4) is 0 Å². The zero-order valence-corrected chi connectivity index (χ0v) is 15.6. The highest BCUT2D eigenvalue weighted by molar-refractivity contribution is 5.93. The van der Waals surface area contributed by atoms with Crippen molar-refractivity contribution in [2.24, 2.45) is 17.8 Å². The third-order valence-electron chi connectivity index (χ3n) is 6.38. The lowest BCUT2D eigenvalue weighted by atomic mass is 9.88. The first-order valence-electron chi connectivity index (χ1n) is 10.0. The van der Waals surface area contributed by atoms with Gasteiger partial charge in [0.2, 0.25) is 18.2 Å². The molecule has 1 aromatic rings. The van der Waals surface area contributed by atoms with Gasteiger partial charge in [0.25, 0.3) is 0 Å². The molecule has 3 amide bonds. The molecule has 0 spiro atoms. The molecule has 3 atom stereocenters. The van der Waals surface area contributed by atoms with E-state index in [1.807, 2.05) is 12.1 Å². The highest BCUT2D eigenvalue weighted by Crippen LogP contribution is 2.48. The van der Waals surface area contributed by atoms with E-state index in [-0.39, 0.29) is 24.3 Å². The van der Waals surface area contributed by atoms with Crippen LogP contribution >= 0.6 is 0 Å². The standard InChI is InChI=1S/C21H27N3O3/c25-13-24(21(27)18-10-14-3-5-16(18)8-14)12-20(26)23-11-15-4-6-19-17(9-15)2-1-7-22-19/h4,6,9,13-14,16,18,22H,1-3,5,7-8,10-12H2,(H,23,26)/t14?,16?,18-/m1/s1. The number of aryl methyl sites for hydroxylation is 1. The maximum Gasteiger partial charge on any atom is 0.240 e. The summed E-state index contributed by atoms with van der Waals surface area (Å²) in [5.41, 5.74) is 3.47. The molecule has 2 bridgehead atoms. The molecule has 0 saturated heterocycles. The maximum absolute atomic E-state index is 12.6. The number of imide groups is 1. The van der Waals surface area contributed by atoms with Crippen molar-refractivity contribution in [1.82, 2.24) is 10.2 Å². The van der Waals surface area contributed by atoms with Crippen molar-refractivity contribution in [1.29, 1.82) is 0 Å². The predicted octanol–water partition coefficient (Wildman–Crippen LogP) is 2.08. The van der Waals surface area contributed by atoms with E-state index in [0.29, 0.717) is 24.8 Å². The smallest absolute Gasteiger partial charge is 0.240 e. The largest absolute Gasteiger partial charge is 0.385 e. The molecule has 6 heteroatoms. The Balaban J connectivity index is 1.30. The number of anilines is 1. The van der Waals surface area contributed by atoms with Crippen molar-refractivity contribution in [3.05, 3.63) is 29.3 Å². The number of carbonyl (C=O) groups excluding carboxylic acids is 3. The minimum absolute atomic E-state index is 0.0742. The first kappa shape index (κ1) is 18.0. The van der Waals surface area contributed by atoms with Crippen LogP contribution < -0.4 is 10.6 Å². The van der Waals surface area contributed by atoms with Gasteiger partial charge in [-0.15, -0.1) is 0 Å². The molecule has 4 rings (SSSR count). The Hall–Kier alpha value is -2.37. The Morgan fingerprint density at radius 2 is 2.15 bits per heavy atom. The summed E-state index contributed by atoms with van der Waals surface area (Å²) in [6.07, 6.45) is 6.92. The average molecular weight is 369 g/mol. The van der Waals surface area contributed by atoms with Crippen LogP contribution in [0.2, 0.25) is 0 Å². The third kappa shape index (κ3) is 3.84. The van der Waals surface area contributed by atoms with Gasteiger partial charge in [-0.2, -0.15) is 0 Å². The first-order valence-corrected chi connectivity index (χ1v) is 10.0. The summed E-state index contributed by atoms with van der Waals surface area (Å²) >= 11 is 0. The topological polar surface area (TPSA) is 78.5 Å². The second-order valence-electron chi connectivity index (χ2n) is 8.15. The summed E-state index contributed by atoms with van der Waals surface area (Å²) in [7, 11) is 0. The van der Waals surface area contributed by atoms with Crippen LogP contribution in [0.15, 0.2) is 18.2 Å². The number of benzene rings is 1. The molecule has 2 aliphatic carbocycles. The zero-order chi connectivity index (χ0) is 18.8. The van der Waals surface area contributed by atoms with Gasteiger partial charge >= 0.3 is 0 Å². The lowest BCUT2D eigenvalue weighted by Gasteiger charge is -2.25. The van der Waals surface area contributed by atoms with E-state index in [4.69, 9.17) is 0 Å². The fraction of sp³-hybridized carbons (Fsp3) is 0.571. The lowest BCUT2D eigenvalue weighted by Crippen LogP contribution is -2.43. The summed E-state index contributed by atoms with van der Waals surface area (Å²) in [6, 6.07) is 6.15. The first-order chi connectivity index (χ1) is 13.1. The lowest BCUT2D eigenvalue weighted by molar-refractivity contribution is -0.145. The Kier molecular flexibility index (Phi) is 5.14. The minimum atomic E-state index is -0.297. The molecule has 3 aliphatic rings. The van der Waals surface area contributed by atoms with Crippen molar-refractivity contribution in [2.75, 3.05) is 18.4 Å². The summed E-state index contributed by atoms with van der Waals surface area (Å²) in [6.45, 7) is 1.21. The monoisotopic (exact) mass is 369 g/mol. The molecule has 2 saturated carbocycles. The molecule has 144 valence electrons. The van der Waals surface area contributed by atoms with E-state index in [2.05, 4.69) is 16.7 Å². The number of nitrogens with zero attached hydrogens (tertiary/aromatic N) is 1. The van der Waals surface area contributed by atoms with Crippen LogP contribution in [0.4, 0.5) is 5.69 Å². The summed E-state index contributed by atoms with van der Waals surface area (Å²) in [5.74, 6) is 0.485. The van der Waals surface area contributed by atoms with E-state index in [1.165, 1.54) is 17.7 Å². The van der Waals surface area contributed by atoms with Crippen molar-refractivity contribution in [3.63, 3.8) is 0 Å². The fourth-order valence-electron chi connectivity index (χ4n) is 4.98. The quantitative estimate of drug-likeness (QED) is 0.753. The van der Waals surface area contributed by atoms with Crippen molar-refractivity contribution in [2.45, 2.75) is 45.1 Å². The number of hydrogen-bond donors (Lipinski definition) is 2. The van der Waals surface area contributed by atoms with Crippen LogP contribution in [0.1, 0.15) is 43.2 Å². The van der Waals surface area contributed by atoms with Gasteiger partial charge in [0.15, 0.2) is 0 Å². The van der Waals surface area contributed by atoms with Crippen LogP contribution in [-0.2, 0) is 27.3 Å². The number of carbonyl (C=O) groups is 3.